The lowest BCUT2D eigenvalue weighted by Crippen LogP contribution is -2.42. The van der Waals surface area contributed by atoms with Crippen molar-refractivity contribution in [1.29, 1.82) is 0 Å². The SMILES string of the molecule is Cc1ccc(C(C)C)cc1N1CCc2nc(-c3ccnc4c3ccn4S(=O)(=O)C3(C)C=C(C4CC4)C=CC3)nc(N3CCCC(C)(C)C3)c2C1. The lowest BCUT2D eigenvalue weighted by molar-refractivity contribution is 0.291. The Labute approximate surface area is 297 Å². The molecule has 1 unspecified atom stereocenters. The Morgan fingerprint density at radius 3 is 2.58 bits per heavy atom. The maximum absolute atomic E-state index is 14.4. The Kier molecular flexibility index (Phi) is 8.01. The molecule has 0 spiro atoms. The summed E-state index contributed by atoms with van der Waals surface area (Å²) in [6, 6.07) is 10.7. The van der Waals surface area contributed by atoms with Crippen molar-refractivity contribution in [2.24, 2.45) is 11.3 Å². The highest BCUT2D eigenvalue weighted by Gasteiger charge is 2.42. The molecule has 4 aliphatic rings. The summed E-state index contributed by atoms with van der Waals surface area (Å²) < 4.78 is 29.1. The zero-order valence-electron chi connectivity index (χ0n) is 30.4. The van der Waals surface area contributed by atoms with E-state index in [-0.39, 0.29) is 5.41 Å². The van der Waals surface area contributed by atoms with Gasteiger partial charge in [-0.25, -0.2) is 27.3 Å². The molecule has 4 aromatic rings. The van der Waals surface area contributed by atoms with Crippen LogP contribution in [-0.4, -0.2) is 51.7 Å². The quantitative estimate of drug-likeness (QED) is 0.193. The van der Waals surface area contributed by atoms with E-state index in [1.807, 2.05) is 31.2 Å². The van der Waals surface area contributed by atoms with Gasteiger partial charge in [0.2, 0.25) is 10.0 Å². The number of anilines is 2. The standard InChI is InChI=1S/C41H50N6O2S/c1-27(2)30-11-10-28(3)36(23-30)45-21-16-35-34(25-45)39(46-20-8-17-40(4,5)26-46)44-37(43-35)32-14-19-42-38-33(32)15-22-47(38)50(48,49)41(6)18-7-9-31(24-41)29-12-13-29/h7,9-11,14-15,19,22-24,27,29H,8,12-13,16-18,20-21,25-26H2,1-6H3. The Morgan fingerprint density at radius 1 is 1.00 bits per heavy atom. The number of hydrogen-bond donors (Lipinski definition) is 0. The number of piperidine rings is 1. The van der Waals surface area contributed by atoms with Crippen molar-refractivity contribution in [2.75, 3.05) is 29.4 Å². The second kappa shape index (κ2) is 12.1. The molecule has 1 saturated heterocycles. The Bertz CT molecular complexity index is 2160. The lowest BCUT2D eigenvalue weighted by atomic mass is 9.84. The number of nitrogens with zero attached hydrogens (tertiary/aromatic N) is 6. The number of fused-ring (bicyclic) bond motifs is 2. The van der Waals surface area contributed by atoms with Gasteiger partial charge in [0, 0.05) is 67.2 Å². The molecule has 8 nitrogen and oxygen atoms in total. The van der Waals surface area contributed by atoms with Crippen molar-refractivity contribution >= 4 is 32.6 Å². The summed E-state index contributed by atoms with van der Waals surface area (Å²) >= 11 is 0. The van der Waals surface area contributed by atoms with Crippen LogP contribution in [0.25, 0.3) is 22.4 Å². The highest BCUT2D eigenvalue weighted by atomic mass is 32.2. The summed E-state index contributed by atoms with van der Waals surface area (Å²) in [6.07, 6.45) is 15.3. The van der Waals surface area contributed by atoms with Crippen LogP contribution < -0.4 is 9.80 Å². The second-order valence-corrected chi connectivity index (χ2v) is 18.7. The molecular weight excluding hydrogens is 641 g/mol. The number of rotatable bonds is 7. The molecule has 2 aliphatic carbocycles. The predicted molar refractivity (Wildman–Crippen MR) is 203 cm³/mol. The maximum atomic E-state index is 14.4. The fourth-order valence-electron chi connectivity index (χ4n) is 8.28. The maximum Gasteiger partial charge on any atom is 0.249 e. The normalized spacial score (nSPS) is 22.3. The molecule has 8 rings (SSSR count). The summed E-state index contributed by atoms with van der Waals surface area (Å²) in [7, 11) is -3.81. The van der Waals surface area contributed by atoms with Crippen LogP contribution in [0.2, 0.25) is 0 Å². The zero-order chi connectivity index (χ0) is 35.0. The summed E-state index contributed by atoms with van der Waals surface area (Å²) in [4.78, 5) is 20.3. The van der Waals surface area contributed by atoms with Crippen LogP contribution in [-0.2, 0) is 23.0 Å². The average molecular weight is 691 g/mol. The fourth-order valence-corrected chi connectivity index (χ4v) is 9.92. The van der Waals surface area contributed by atoms with Gasteiger partial charge in [-0.3, -0.25) is 0 Å². The molecule has 0 bridgehead atoms. The molecule has 3 aromatic heterocycles. The molecule has 2 fully saturated rings. The van der Waals surface area contributed by atoms with Gasteiger partial charge >= 0.3 is 0 Å². The van der Waals surface area contributed by atoms with Gasteiger partial charge in [0.15, 0.2) is 11.5 Å². The molecule has 5 heterocycles. The molecule has 50 heavy (non-hydrogen) atoms. The number of hydrogen-bond acceptors (Lipinski definition) is 7. The van der Waals surface area contributed by atoms with Crippen molar-refractivity contribution in [3.63, 3.8) is 0 Å². The topological polar surface area (TPSA) is 84.2 Å². The highest BCUT2D eigenvalue weighted by molar-refractivity contribution is 7.91. The van der Waals surface area contributed by atoms with Crippen LogP contribution in [0.3, 0.4) is 0 Å². The number of pyridine rings is 1. The zero-order valence-corrected chi connectivity index (χ0v) is 31.2. The van der Waals surface area contributed by atoms with Crippen LogP contribution >= 0.6 is 0 Å². The van der Waals surface area contributed by atoms with E-state index in [1.165, 1.54) is 32.8 Å². The van der Waals surface area contributed by atoms with Gasteiger partial charge in [0.05, 0.1) is 5.69 Å². The summed E-state index contributed by atoms with van der Waals surface area (Å²) in [6.45, 7) is 16.8. The molecule has 2 aliphatic heterocycles. The van der Waals surface area contributed by atoms with E-state index in [2.05, 4.69) is 73.7 Å². The monoisotopic (exact) mass is 690 g/mol. The molecular formula is C41H50N6O2S. The van der Waals surface area contributed by atoms with E-state index < -0.39 is 14.8 Å². The lowest BCUT2D eigenvalue weighted by Gasteiger charge is -2.41. The first-order chi connectivity index (χ1) is 23.8. The smallest absolute Gasteiger partial charge is 0.249 e. The van der Waals surface area contributed by atoms with Crippen LogP contribution in [0, 0.1) is 18.3 Å². The molecule has 1 atom stereocenters. The highest BCUT2D eigenvalue weighted by Crippen LogP contribution is 2.43. The molecule has 0 radical (unpaired) electrons. The van der Waals surface area contributed by atoms with E-state index in [1.54, 1.807) is 12.4 Å². The van der Waals surface area contributed by atoms with E-state index in [0.717, 1.165) is 79.9 Å². The van der Waals surface area contributed by atoms with Gasteiger partial charge in [-0.05, 0) is 98.1 Å². The van der Waals surface area contributed by atoms with E-state index in [9.17, 15) is 8.42 Å². The van der Waals surface area contributed by atoms with Crippen LogP contribution in [0.4, 0.5) is 11.5 Å². The third-order valence-corrected chi connectivity index (χ3v) is 13.8. The Hall–Kier alpha value is -3.98. The summed E-state index contributed by atoms with van der Waals surface area (Å²) in [5.74, 6) is 2.59. The third kappa shape index (κ3) is 5.75. The molecule has 0 amide bonds. The van der Waals surface area contributed by atoms with Gasteiger partial charge in [0.25, 0.3) is 0 Å². The number of allylic oxidation sites excluding steroid dienone is 3. The predicted octanol–water partition coefficient (Wildman–Crippen LogP) is 8.35. The van der Waals surface area contributed by atoms with Crippen molar-refractivity contribution in [1.82, 2.24) is 18.9 Å². The first-order valence-corrected chi connectivity index (χ1v) is 19.9. The fraction of sp³-hybridized carbons (Fsp3) is 0.488. The van der Waals surface area contributed by atoms with Crippen molar-refractivity contribution < 1.29 is 8.42 Å². The van der Waals surface area contributed by atoms with Gasteiger partial charge in [0.1, 0.15) is 10.6 Å². The van der Waals surface area contributed by atoms with E-state index in [0.29, 0.717) is 29.7 Å². The summed E-state index contributed by atoms with van der Waals surface area (Å²) in [5.41, 5.74) is 8.77. The number of benzene rings is 1. The van der Waals surface area contributed by atoms with Gasteiger partial charge in [-0.1, -0.05) is 58.1 Å². The second-order valence-electron chi connectivity index (χ2n) is 16.4. The van der Waals surface area contributed by atoms with Crippen LogP contribution in [0.1, 0.15) is 95.0 Å². The minimum absolute atomic E-state index is 0.181. The van der Waals surface area contributed by atoms with Crippen molar-refractivity contribution in [2.45, 2.75) is 97.3 Å². The molecule has 262 valence electrons. The molecule has 1 saturated carbocycles. The number of aryl methyl sites for hydroxylation is 1. The minimum atomic E-state index is -3.81. The van der Waals surface area contributed by atoms with Gasteiger partial charge < -0.3 is 9.80 Å². The Morgan fingerprint density at radius 2 is 1.82 bits per heavy atom. The van der Waals surface area contributed by atoms with Gasteiger partial charge in [-0.2, -0.15) is 0 Å². The molecule has 0 N–H and O–H groups in total. The van der Waals surface area contributed by atoms with E-state index in [4.69, 9.17) is 9.97 Å². The van der Waals surface area contributed by atoms with Crippen LogP contribution in [0.5, 0.6) is 0 Å². The number of aromatic nitrogens is 4. The summed E-state index contributed by atoms with van der Waals surface area (Å²) in [5, 5.41) is 0.751. The average Bonchev–Trinajstić information content (AvgIpc) is 3.85. The van der Waals surface area contributed by atoms with Crippen molar-refractivity contribution in [3.8, 4) is 11.4 Å². The molecule has 1 aromatic carbocycles. The van der Waals surface area contributed by atoms with Crippen LogP contribution in [0.15, 0.2) is 66.5 Å². The van der Waals surface area contributed by atoms with Crippen molar-refractivity contribution in [3.05, 3.63) is 88.9 Å². The van der Waals surface area contributed by atoms with Gasteiger partial charge in [-0.15, -0.1) is 0 Å². The first kappa shape index (κ1) is 33.2. The Balaban J connectivity index is 1.21. The molecule has 9 heteroatoms. The minimum Gasteiger partial charge on any atom is -0.366 e. The third-order valence-electron chi connectivity index (χ3n) is 11.5. The largest absolute Gasteiger partial charge is 0.366 e. The van der Waals surface area contributed by atoms with E-state index >= 15 is 0 Å². The first-order valence-electron chi connectivity index (χ1n) is 18.4.